The van der Waals surface area contributed by atoms with Crippen molar-refractivity contribution in [2.75, 3.05) is 0 Å². The molecule has 1 heterocycles. The van der Waals surface area contributed by atoms with Gasteiger partial charge < -0.3 is 5.11 Å². The van der Waals surface area contributed by atoms with Crippen LogP contribution in [0.1, 0.15) is 11.4 Å². The first-order valence-corrected chi connectivity index (χ1v) is 5.47. The molecule has 1 N–H and O–H groups in total. The number of rotatable bonds is 1. The SMILES string of the molecule is Cc1nn(-c2ccc(Cl)cc2Cl)c(C)c1O. The summed E-state index contributed by atoms with van der Waals surface area (Å²) < 4.78 is 1.60. The number of nitrogens with zero attached hydrogens (tertiary/aromatic N) is 2. The van der Waals surface area contributed by atoms with Crippen molar-refractivity contribution in [3.05, 3.63) is 39.6 Å². The van der Waals surface area contributed by atoms with Crippen molar-refractivity contribution < 1.29 is 5.11 Å². The molecule has 0 saturated carbocycles. The molecule has 1 aromatic heterocycles. The van der Waals surface area contributed by atoms with Crippen molar-refractivity contribution >= 4 is 23.2 Å². The highest BCUT2D eigenvalue weighted by atomic mass is 35.5. The number of halogens is 2. The fourth-order valence-corrected chi connectivity index (χ4v) is 2.01. The van der Waals surface area contributed by atoms with Gasteiger partial charge in [-0.1, -0.05) is 23.2 Å². The fraction of sp³-hybridized carbons (Fsp3) is 0.182. The van der Waals surface area contributed by atoms with Crippen LogP contribution in [0.2, 0.25) is 10.0 Å². The van der Waals surface area contributed by atoms with E-state index in [1.54, 1.807) is 36.7 Å². The molecule has 0 saturated heterocycles. The van der Waals surface area contributed by atoms with Gasteiger partial charge in [-0.05, 0) is 32.0 Å². The molecule has 0 fully saturated rings. The van der Waals surface area contributed by atoms with E-state index in [1.807, 2.05) is 0 Å². The molecule has 16 heavy (non-hydrogen) atoms. The summed E-state index contributed by atoms with van der Waals surface area (Å²) in [6, 6.07) is 5.14. The maximum Gasteiger partial charge on any atom is 0.159 e. The standard InChI is InChI=1S/C11H10Cl2N2O/c1-6-11(16)7(2)15(14-6)10-4-3-8(12)5-9(10)13/h3-5,16H,1-2H3. The second-order valence-corrected chi connectivity index (χ2v) is 4.37. The van der Waals surface area contributed by atoms with E-state index in [-0.39, 0.29) is 5.75 Å². The fourth-order valence-electron chi connectivity index (χ4n) is 1.52. The van der Waals surface area contributed by atoms with Gasteiger partial charge in [0.25, 0.3) is 0 Å². The molecule has 2 aromatic rings. The van der Waals surface area contributed by atoms with Gasteiger partial charge in [-0.15, -0.1) is 0 Å². The third-order valence-corrected chi connectivity index (χ3v) is 2.93. The van der Waals surface area contributed by atoms with Crippen LogP contribution in [0.15, 0.2) is 18.2 Å². The maximum absolute atomic E-state index is 9.68. The van der Waals surface area contributed by atoms with Gasteiger partial charge in [-0.25, -0.2) is 4.68 Å². The van der Waals surface area contributed by atoms with Crippen molar-refractivity contribution in [1.29, 1.82) is 0 Å². The van der Waals surface area contributed by atoms with Crippen molar-refractivity contribution in [1.82, 2.24) is 9.78 Å². The van der Waals surface area contributed by atoms with Gasteiger partial charge in [0.1, 0.15) is 5.69 Å². The Bertz CT molecular complexity index is 549. The maximum atomic E-state index is 9.68. The topological polar surface area (TPSA) is 38.0 Å². The lowest BCUT2D eigenvalue weighted by molar-refractivity contribution is 0.466. The highest BCUT2D eigenvalue weighted by Crippen LogP contribution is 2.28. The summed E-state index contributed by atoms with van der Waals surface area (Å²) in [5.41, 5.74) is 1.93. The van der Waals surface area contributed by atoms with Crippen LogP contribution in [0, 0.1) is 13.8 Å². The Morgan fingerprint density at radius 3 is 2.44 bits per heavy atom. The summed E-state index contributed by atoms with van der Waals surface area (Å²) in [6.45, 7) is 3.52. The number of hydrogen-bond acceptors (Lipinski definition) is 2. The van der Waals surface area contributed by atoms with Gasteiger partial charge in [0.2, 0.25) is 0 Å². The molecule has 0 aliphatic rings. The molecule has 2 rings (SSSR count). The van der Waals surface area contributed by atoms with E-state index in [4.69, 9.17) is 23.2 Å². The van der Waals surface area contributed by atoms with E-state index in [1.165, 1.54) is 0 Å². The Labute approximate surface area is 103 Å². The zero-order valence-electron chi connectivity index (χ0n) is 8.83. The molecule has 0 unspecified atom stereocenters. The molecule has 0 bridgehead atoms. The van der Waals surface area contributed by atoms with Gasteiger partial charge in [0.15, 0.2) is 5.75 Å². The Hall–Kier alpha value is -1.19. The normalized spacial score (nSPS) is 10.8. The van der Waals surface area contributed by atoms with Gasteiger partial charge in [-0.2, -0.15) is 5.10 Å². The van der Waals surface area contributed by atoms with E-state index in [9.17, 15) is 5.11 Å². The number of benzene rings is 1. The van der Waals surface area contributed by atoms with E-state index in [0.29, 0.717) is 27.1 Å². The quantitative estimate of drug-likeness (QED) is 0.848. The van der Waals surface area contributed by atoms with Crippen LogP contribution in [0.5, 0.6) is 5.75 Å². The first-order chi connectivity index (χ1) is 7.50. The highest BCUT2D eigenvalue weighted by molar-refractivity contribution is 6.35. The van der Waals surface area contributed by atoms with Crippen LogP contribution in [0.25, 0.3) is 5.69 Å². The van der Waals surface area contributed by atoms with E-state index in [2.05, 4.69) is 5.10 Å². The smallest absolute Gasteiger partial charge is 0.159 e. The minimum Gasteiger partial charge on any atom is -0.504 e. The predicted octanol–water partition coefficient (Wildman–Crippen LogP) is 3.50. The van der Waals surface area contributed by atoms with Crippen molar-refractivity contribution in [3.63, 3.8) is 0 Å². The minimum atomic E-state index is 0.186. The van der Waals surface area contributed by atoms with Crippen LogP contribution < -0.4 is 0 Å². The lowest BCUT2D eigenvalue weighted by Gasteiger charge is -2.06. The molecule has 3 nitrogen and oxygen atoms in total. The molecule has 0 amide bonds. The third-order valence-electron chi connectivity index (χ3n) is 2.39. The molecule has 0 aliphatic heterocycles. The van der Waals surface area contributed by atoms with E-state index < -0.39 is 0 Å². The summed E-state index contributed by atoms with van der Waals surface area (Å²) in [4.78, 5) is 0. The van der Waals surface area contributed by atoms with Crippen molar-refractivity contribution in [2.45, 2.75) is 13.8 Å². The summed E-state index contributed by atoms with van der Waals surface area (Å²) in [5, 5.41) is 15.0. The van der Waals surface area contributed by atoms with Gasteiger partial charge in [0, 0.05) is 5.02 Å². The lowest BCUT2D eigenvalue weighted by Crippen LogP contribution is -1.99. The highest BCUT2D eigenvalue weighted by Gasteiger charge is 2.13. The Morgan fingerprint density at radius 1 is 1.25 bits per heavy atom. The second-order valence-electron chi connectivity index (χ2n) is 3.53. The summed E-state index contributed by atoms with van der Waals surface area (Å²) >= 11 is 11.9. The average molecular weight is 257 g/mol. The summed E-state index contributed by atoms with van der Waals surface area (Å²) in [6.07, 6.45) is 0. The van der Waals surface area contributed by atoms with Crippen LogP contribution in [-0.2, 0) is 0 Å². The molecule has 5 heteroatoms. The molecule has 0 spiro atoms. The molecule has 0 radical (unpaired) electrons. The van der Waals surface area contributed by atoms with Gasteiger partial charge in [0.05, 0.1) is 16.4 Å². The number of aromatic hydroxyl groups is 1. The van der Waals surface area contributed by atoms with Crippen LogP contribution in [0.4, 0.5) is 0 Å². The summed E-state index contributed by atoms with van der Waals surface area (Å²) in [5.74, 6) is 0.186. The number of aryl methyl sites for hydroxylation is 1. The monoisotopic (exact) mass is 256 g/mol. The largest absolute Gasteiger partial charge is 0.504 e. The molecular weight excluding hydrogens is 247 g/mol. The van der Waals surface area contributed by atoms with E-state index in [0.717, 1.165) is 0 Å². The Morgan fingerprint density at radius 2 is 1.94 bits per heavy atom. The van der Waals surface area contributed by atoms with Crippen molar-refractivity contribution in [2.24, 2.45) is 0 Å². The van der Waals surface area contributed by atoms with Gasteiger partial charge >= 0.3 is 0 Å². The minimum absolute atomic E-state index is 0.186. The Balaban J connectivity index is 2.63. The Kier molecular flexibility index (Phi) is 2.82. The average Bonchev–Trinajstić information content (AvgIpc) is 2.46. The number of aromatic nitrogens is 2. The molecule has 0 atom stereocenters. The zero-order valence-corrected chi connectivity index (χ0v) is 10.3. The third kappa shape index (κ3) is 1.77. The zero-order chi connectivity index (χ0) is 11.9. The predicted molar refractivity (Wildman–Crippen MR) is 64.7 cm³/mol. The van der Waals surface area contributed by atoms with Crippen molar-refractivity contribution in [3.8, 4) is 11.4 Å². The van der Waals surface area contributed by atoms with Gasteiger partial charge in [-0.3, -0.25) is 0 Å². The molecular formula is C11H10Cl2N2O. The molecule has 1 aromatic carbocycles. The lowest BCUT2D eigenvalue weighted by atomic mass is 10.3. The van der Waals surface area contributed by atoms with E-state index >= 15 is 0 Å². The summed E-state index contributed by atoms with van der Waals surface area (Å²) in [7, 11) is 0. The first-order valence-electron chi connectivity index (χ1n) is 4.71. The molecule has 0 aliphatic carbocycles. The van der Waals surface area contributed by atoms with Crippen LogP contribution in [-0.4, -0.2) is 14.9 Å². The van der Waals surface area contributed by atoms with Crippen LogP contribution >= 0.6 is 23.2 Å². The molecule has 84 valence electrons. The number of hydrogen-bond donors (Lipinski definition) is 1. The second kappa shape index (κ2) is 4.00. The first kappa shape index (κ1) is 11.3. The van der Waals surface area contributed by atoms with Crippen LogP contribution in [0.3, 0.4) is 0 Å².